The summed E-state index contributed by atoms with van der Waals surface area (Å²) in [5, 5.41) is 21.8. The number of carbonyl (C=O) groups is 1. The zero-order valence-electron chi connectivity index (χ0n) is 17.3. The molecule has 1 aliphatic carbocycles. The molecule has 160 valence electrons. The van der Waals surface area contributed by atoms with Crippen LogP contribution in [0.3, 0.4) is 0 Å². The molecule has 2 aliphatic rings. The molecule has 1 aliphatic heterocycles. The van der Waals surface area contributed by atoms with Gasteiger partial charge in [0, 0.05) is 25.9 Å². The lowest BCUT2D eigenvalue weighted by atomic mass is 10.0. The number of aliphatic imine (C=N–C) groups is 1. The van der Waals surface area contributed by atoms with Gasteiger partial charge in [0.25, 0.3) is 0 Å². The summed E-state index contributed by atoms with van der Waals surface area (Å²) in [5.41, 5.74) is -0.691. The molecule has 0 unspecified atom stereocenters. The average molecular weight is 414 g/mol. The number of fused-ring (bicyclic) bond motifs is 1. The summed E-state index contributed by atoms with van der Waals surface area (Å²) in [5.74, 6) is -0.279. The highest BCUT2D eigenvalue weighted by molar-refractivity contribution is 8.14. The highest BCUT2D eigenvalue weighted by Gasteiger charge is 2.57. The van der Waals surface area contributed by atoms with Crippen molar-refractivity contribution in [1.29, 1.82) is 0 Å². The summed E-state index contributed by atoms with van der Waals surface area (Å²) in [6, 6.07) is 0. The molecule has 0 saturated heterocycles. The second-order valence-corrected chi connectivity index (χ2v) is 8.89. The van der Waals surface area contributed by atoms with Crippen molar-refractivity contribution in [1.82, 2.24) is 0 Å². The van der Waals surface area contributed by atoms with Crippen molar-refractivity contribution >= 4 is 22.8 Å². The van der Waals surface area contributed by atoms with Gasteiger partial charge in [-0.15, -0.1) is 11.8 Å². The molecule has 1 saturated carbocycles. The van der Waals surface area contributed by atoms with Crippen molar-refractivity contribution in [2.75, 3.05) is 14.2 Å². The number of rotatable bonds is 12. The molecule has 0 spiro atoms. The van der Waals surface area contributed by atoms with E-state index in [4.69, 9.17) is 9.73 Å². The van der Waals surface area contributed by atoms with Crippen molar-refractivity contribution in [3.63, 3.8) is 0 Å². The van der Waals surface area contributed by atoms with Crippen LogP contribution < -0.4 is 0 Å². The van der Waals surface area contributed by atoms with E-state index in [2.05, 4.69) is 11.7 Å². The number of aliphatic hydroxyl groups is 2. The minimum absolute atomic E-state index is 0.0159. The maximum Gasteiger partial charge on any atom is 0.305 e. The average Bonchev–Trinajstić information content (AvgIpc) is 3.15. The van der Waals surface area contributed by atoms with E-state index in [-0.39, 0.29) is 17.1 Å². The fraction of sp³-hybridized carbons (Fsp3) is 0.810. The van der Waals surface area contributed by atoms with E-state index in [1.165, 1.54) is 7.11 Å². The molecule has 6 nitrogen and oxygen atoms in total. The number of hydrogen-bond acceptors (Lipinski definition) is 7. The van der Waals surface area contributed by atoms with Gasteiger partial charge in [-0.05, 0) is 25.7 Å². The van der Waals surface area contributed by atoms with Gasteiger partial charge in [-0.3, -0.25) is 4.79 Å². The Labute approximate surface area is 172 Å². The van der Waals surface area contributed by atoms with Crippen LogP contribution in [0.15, 0.2) is 17.1 Å². The van der Waals surface area contributed by atoms with Gasteiger partial charge in [0.05, 0.1) is 29.6 Å². The molecule has 0 aromatic rings. The highest BCUT2D eigenvalue weighted by atomic mass is 32.2. The van der Waals surface area contributed by atoms with Crippen LogP contribution in [0, 0.1) is 5.92 Å². The molecule has 5 atom stereocenters. The van der Waals surface area contributed by atoms with Crippen LogP contribution in [0.5, 0.6) is 0 Å². The molecule has 2 N–H and O–H groups in total. The van der Waals surface area contributed by atoms with E-state index in [9.17, 15) is 15.0 Å². The summed E-state index contributed by atoms with van der Waals surface area (Å²) in [6.07, 6.45) is 10.1. The standard InChI is InChI=1S/C21H35NO5S/c1-4-5-6-9-15(23)12-13-16-17(24)14-21(27-3)20(16)28-18(22-21)10-7-8-11-19(25)26-2/h12-13,15-17,20,23-24H,4-11,14H2,1-3H3/b13-12+/t15-,16-,17+,20+,21+/m0/s1. The van der Waals surface area contributed by atoms with Crippen molar-refractivity contribution in [3.8, 4) is 0 Å². The molecule has 28 heavy (non-hydrogen) atoms. The van der Waals surface area contributed by atoms with Crippen molar-refractivity contribution in [2.45, 2.75) is 87.9 Å². The second-order valence-electron chi connectivity index (χ2n) is 7.67. The van der Waals surface area contributed by atoms with E-state index in [0.717, 1.165) is 50.0 Å². The Balaban J connectivity index is 1.92. The van der Waals surface area contributed by atoms with Crippen LogP contribution >= 0.6 is 11.8 Å². The van der Waals surface area contributed by atoms with E-state index >= 15 is 0 Å². The van der Waals surface area contributed by atoms with Crippen LogP contribution in [0.25, 0.3) is 0 Å². The molecule has 7 heteroatoms. The normalized spacial score (nSPS) is 30.5. The lowest BCUT2D eigenvalue weighted by molar-refractivity contribution is -0.140. The van der Waals surface area contributed by atoms with Gasteiger partial charge < -0.3 is 19.7 Å². The van der Waals surface area contributed by atoms with Gasteiger partial charge in [0.15, 0.2) is 5.72 Å². The summed E-state index contributed by atoms with van der Waals surface area (Å²) in [4.78, 5) is 16.0. The van der Waals surface area contributed by atoms with Gasteiger partial charge in [-0.25, -0.2) is 4.99 Å². The maximum atomic E-state index is 11.2. The third-order valence-electron chi connectivity index (χ3n) is 5.58. The molecule has 1 heterocycles. The van der Waals surface area contributed by atoms with E-state index in [0.29, 0.717) is 12.8 Å². The molecule has 0 bridgehead atoms. The molecule has 0 aromatic carbocycles. The SMILES string of the molecule is CCCCC[C@H](O)/C=C/[C@H]1[C@H](O)C[C@]2(OC)N=C(CCCCC(=O)OC)S[C@H]12. The molecule has 1 fully saturated rings. The fourth-order valence-electron chi connectivity index (χ4n) is 3.91. The number of esters is 1. The summed E-state index contributed by atoms with van der Waals surface area (Å²) < 4.78 is 10.4. The Morgan fingerprint density at radius 3 is 2.82 bits per heavy atom. The number of ether oxygens (including phenoxy) is 2. The fourth-order valence-corrected chi connectivity index (χ4v) is 5.53. The molecule has 0 aromatic heterocycles. The Hall–Kier alpha value is -0.890. The minimum atomic E-state index is -0.691. The summed E-state index contributed by atoms with van der Waals surface area (Å²) in [6.45, 7) is 2.14. The maximum absolute atomic E-state index is 11.2. The first kappa shape index (κ1) is 23.4. The summed E-state index contributed by atoms with van der Waals surface area (Å²) in [7, 11) is 3.05. The van der Waals surface area contributed by atoms with Gasteiger partial charge in [0.1, 0.15) is 0 Å². The van der Waals surface area contributed by atoms with E-state index in [1.807, 2.05) is 12.2 Å². The summed E-state index contributed by atoms with van der Waals surface area (Å²) >= 11 is 1.67. The van der Waals surface area contributed by atoms with Crippen LogP contribution in [0.4, 0.5) is 0 Å². The predicted molar refractivity (Wildman–Crippen MR) is 112 cm³/mol. The largest absolute Gasteiger partial charge is 0.469 e. The molecule has 2 rings (SSSR count). The zero-order chi connectivity index (χ0) is 20.6. The third-order valence-corrected chi connectivity index (χ3v) is 7.08. The van der Waals surface area contributed by atoms with Crippen molar-refractivity contribution in [2.24, 2.45) is 10.9 Å². The number of carbonyl (C=O) groups excluding carboxylic acids is 1. The van der Waals surface area contributed by atoms with Gasteiger partial charge in [-0.2, -0.15) is 0 Å². The number of methoxy groups -OCH3 is 2. The minimum Gasteiger partial charge on any atom is -0.469 e. The highest BCUT2D eigenvalue weighted by Crippen LogP contribution is 2.51. The predicted octanol–water partition coefficient (Wildman–Crippen LogP) is 3.45. The Bertz CT molecular complexity index is 567. The van der Waals surface area contributed by atoms with Crippen molar-refractivity contribution < 1.29 is 24.5 Å². The van der Waals surface area contributed by atoms with Crippen LogP contribution in [0.2, 0.25) is 0 Å². The van der Waals surface area contributed by atoms with Crippen LogP contribution in [-0.4, -0.2) is 58.6 Å². The van der Waals surface area contributed by atoms with Gasteiger partial charge in [0.2, 0.25) is 0 Å². The lowest BCUT2D eigenvalue weighted by Crippen LogP contribution is -2.34. The first-order valence-corrected chi connectivity index (χ1v) is 11.3. The van der Waals surface area contributed by atoms with Gasteiger partial charge in [-0.1, -0.05) is 38.3 Å². The Kier molecular flexibility index (Phi) is 9.47. The lowest BCUT2D eigenvalue weighted by Gasteiger charge is -2.25. The Morgan fingerprint density at radius 2 is 2.14 bits per heavy atom. The number of unbranched alkanes of at least 4 members (excludes halogenated alkanes) is 3. The van der Waals surface area contributed by atoms with Crippen LogP contribution in [-0.2, 0) is 14.3 Å². The number of thioether (sulfide) groups is 1. The Morgan fingerprint density at radius 1 is 1.36 bits per heavy atom. The monoisotopic (exact) mass is 413 g/mol. The van der Waals surface area contributed by atoms with Gasteiger partial charge >= 0.3 is 5.97 Å². The molecule has 0 radical (unpaired) electrons. The third kappa shape index (κ3) is 6.05. The molecule has 0 amide bonds. The topological polar surface area (TPSA) is 88.4 Å². The van der Waals surface area contributed by atoms with E-state index < -0.39 is 17.9 Å². The molecular weight excluding hydrogens is 378 g/mol. The first-order chi connectivity index (χ1) is 13.5. The number of nitrogens with zero attached hydrogens (tertiary/aromatic N) is 1. The number of hydrogen-bond donors (Lipinski definition) is 2. The second kappa shape index (κ2) is 11.3. The van der Waals surface area contributed by atoms with Crippen LogP contribution in [0.1, 0.15) is 64.7 Å². The quantitative estimate of drug-likeness (QED) is 0.289. The number of aliphatic hydroxyl groups excluding tert-OH is 2. The van der Waals surface area contributed by atoms with E-state index in [1.54, 1.807) is 18.9 Å². The first-order valence-electron chi connectivity index (χ1n) is 10.4. The zero-order valence-corrected chi connectivity index (χ0v) is 18.1. The van der Waals surface area contributed by atoms with Crippen molar-refractivity contribution in [3.05, 3.63) is 12.2 Å². The molecular formula is C21H35NO5S. The smallest absolute Gasteiger partial charge is 0.305 e.